The minimum absolute atomic E-state index is 0.221. The molecule has 1 unspecified atom stereocenters. The van der Waals surface area contributed by atoms with Crippen molar-refractivity contribution >= 4 is 22.3 Å². The van der Waals surface area contributed by atoms with Crippen LogP contribution in [0.4, 0.5) is 15.3 Å². The number of aromatic nitrogens is 4. The lowest BCUT2D eigenvalue weighted by Gasteiger charge is -2.37. The fourth-order valence-corrected chi connectivity index (χ4v) is 4.24. The van der Waals surface area contributed by atoms with E-state index >= 15 is 0 Å². The van der Waals surface area contributed by atoms with Gasteiger partial charge in [-0.3, -0.25) is 0 Å². The summed E-state index contributed by atoms with van der Waals surface area (Å²) >= 11 is 1.59. The normalized spacial score (nSPS) is 17.1. The number of rotatable bonds is 5. The van der Waals surface area contributed by atoms with E-state index in [0.717, 1.165) is 47.5 Å². The highest BCUT2D eigenvalue weighted by atomic mass is 32.1. The molecular weight excluding hydrogens is 363 g/mol. The van der Waals surface area contributed by atoms with E-state index in [2.05, 4.69) is 37.2 Å². The lowest BCUT2D eigenvalue weighted by molar-refractivity contribution is 0.483. The zero-order valence-corrected chi connectivity index (χ0v) is 15.9. The maximum atomic E-state index is 13.1. The number of hydrogen-bond acceptors (Lipinski definition) is 7. The first kappa shape index (κ1) is 17.8. The Kier molecular flexibility index (Phi) is 5.24. The molecule has 3 heterocycles. The quantitative estimate of drug-likeness (QED) is 0.673. The SMILES string of the molecule is CN(c1nnc(Cc2ccc(F)cc2)s1)C1CCCN(c2cccnn2)C1. The highest BCUT2D eigenvalue weighted by Crippen LogP contribution is 2.27. The minimum Gasteiger partial charge on any atom is -0.353 e. The fraction of sp³-hybridized carbons (Fsp3) is 0.368. The summed E-state index contributed by atoms with van der Waals surface area (Å²) in [5, 5.41) is 18.8. The molecule has 27 heavy (non-hydrogen) atoms. The average Bonchev–Trinajstić information content (AvgIpc) is 3.18. The summed E-state index contributed by atoms with van der Waals surface area (Å²) in [6.45, 7) is 1.89. The Morgan fingerprint density at radius 1 is 1.19 bits per heavy atom. The Morgan fingerprint density at radius 3 is 2.81 bits per heavy atom. The van der Waals surface area contributed by atoms with Gasteiger partial charge in [0, 0.05) is 38.8 Å². The smallest absolute Gasteiger partial charge is 0.208 e. The molecule has 1 aliphatic rings. The number of likely N-dealkylation sites (N-methyl/N-ethyl adjacent to an activating group) is 1. The van der Waals surface area contributed by atoms with Crippen LogP contribution in [0.2, 0.25) is 0 Å². The van der Waals surface area contributed by atoms with E-state index in [1.165, 1.54) is 12.1 Å². The van der Waals surface area contributed by atoms with Gasteiger partial charge in [-0.2, -0.15) is 5.10 Å². The van der Waals surface area contributed by atoms with Crippen LogP contribution in [-0.2, 0) is 6.42 Å². The molecule has 0 bridgehead atoms. The zero-order valence-electron chi connectivity index (χ0n) is 15.1. The van der Waals surface area contributed by atoms with Crippen LogP contribution in [0.15, 0.2) is 42.6 Å². The predicted molar refractivity (Wildman–Crippen MR) is 105 cm³/mol. The molecule has 1 aromatic carbocycles. The standard InChI is InChI=1S/C19H21FN6S/c1-25(16-4-3-11-26(13-16)17-5-2-10-21-22-17)19-24-23-18(27-19)12-14-6-8-15(20)9-7-14/h2,5-10,16H,3-4,11-13H2,1H3. The molecule has 4 rings (SSSR count). The van der Waals surface area contributed by atoms with Crippen LogP contribution in [0, 0.1) is 5.82 Å². The third kappa shape index (κ3) is 4.21. The number of nitrogens with zero attached hydrogens (tertiary/aromatic N) is 6. The molecule has 0 N–H and O–H groups in total. The van der Waals surface area contributed by atoms with Gasteiger partial charge in [0.1, 0.15) is 10.8 Å². The summed E-state index contributed by atoms with van der Waals surface area (Å²) in [5.74, 6) is 0.700. The molecule has 0 aliphatic carbocycles. The van der Waals surface area contributed by atoms with Gasteiger partial charge in [0.25, 0.3) is 0 Å². The molecule has 0 saturated carbocycles. The first-order valence-electron chi connectivity index (χ1n) is 9.01. The highest BCUT2D eigenvalue weighted by Gasteiger charge is 2.26. The van der Waals surface area contributed by atoms with Crippen molar-refractivity contribution < 1.29 is 4.39 Å². The number of hydrogen-bond donors (Lipinski definition) is 0. The van der Waals surface area contributed by atoms with Crippen molar-refractivity contribution in [2.75, 3.05) is 29.9 Å². The van der Waals surface area contributed by atoms with Crippen molar-refractivity contribution in [3.63, 3.8) is 0 Å². The Hall–Kier alpha value is -2.61. The number of benzene rings is 1. The third-order valence-corrected chi connectivity index (χ3v) is 5.87. The van der Waals surface area contributed by atoms with E-state index in [1.807, 2.05) is 12.1 Å². The molecule has 0 radical (unpaired) electrons. The molecule has 0 amide bonds. The van der Waals surface area contributed by atoms with Crippen LogP contribution in [0.5, 0.6) is 0 Å². The van der Waals surface area contributed by atoms with Gasteiger partial charge in [0.05, 0.1) is 0 Å². The summed E-state index contributed by atoms with van der Waals surface area (Å²) in [5.41, 5.74) is 1.04. The first-order valence-corrected chi connectivity index (χ1v) is 9.83. The van der Waals surface area contributed by atoms with Crippen molar-refractivity contribution in [3.8, 4) is 0 Å². The maximum absolute atomic E-state index is 13.1. The summed E-state index contributed by atoms with van der Waals surface area (Å²) in [7, 11) is 2.08. The van der Waals surface area contributed by atoms with Gasteiger partial charge in [0.15, 0.2) is 5.82 Å². The monoisotopic (exact) mass is 384 g/mol. The second kappa shape index (κ2) is 7.96. The summed E-state index contributed by atoms with van der Waals surface area (Å²) < 4.78 is 13.1. The van der Waals surface area contributed by atoms with Crippen LogP contribution in [0.3, 0.4) is 0 Å². The number of piperidine rings is 1. The van der Waals surface area contributed by atoms with Gasteiger partial charge in [-0.1, -0.05) is 23.5 Å². The van der Waals surface area contributed by atoms with Crippen molar-refractivity contribution in [3.05, 3.63) is 59.0 Å². The van der Waals surface area contributed by atoms with Gasteiger partial charge in [0.2, 0.25) is 5.13 Å². The lowest BCUT2D eigenvalue weighted by Crippen LogP contribution is -2.47. The van der Waals surface area contributed by atoms with E-state index < -0.39 is 0 Å². The van der Waals surface area contributed by atoms with Crippen LogP contribution in [-0.4, -0.2) is 46.6 Å². The average molecular weight is 384 g/mol. The molecule has 2 aromatic heterocycles. The number of anilines is 2. The maximum Gasteiger partial charge on any atom is 0.208 e. The molecular formula is C19H21FN6S. The Bertz CT molecular complexity index is 869. The fourth-order valence-electron chi connectivity index (χ4n) is 3.33. The molecule has 1 aliphatic heterocycles. The van der Waals surface area contributed by atoms with Gasteiger partial charge in [-0.15, -0.1) is 15.3 Å². The Morgan fingerprint density at radius 2 is 2.04 bits per heavy atom. The van der Waals surface area contributed by atoms with Crippen LogP contribution >= 0.6 is 11.3 Å². The molecule has 3 aromatic rings. The largest absolute Gasteiger partial charge is 0.353 e. The Balaban J connectivity index is 1.42. The molecule has 1 atom stereocenters. The zero-order chi connectivity index (χ0) is 18.6. The van der Waals surface area contributed by atoms with E-state index in [9.17, 15) is 4.39 Å². The van der Waals surface area contributed by atoms with E-state index in [-0.39, 0.29) is 5.82 Å². The van der Waals surface area contributed by atoms with Gasteiger partial charge in [-0.05, 0) is 42.7 Å². The first-order chi connectivity index (χ1) is 13.2. The molecule has 140 valence electrons. The van der Waals surface area contributed by atoms with Crippen molar-refractivity contribution in [2.24, 2.45) is 0 Å². The highest BCUT2D eigenvalue weighted by molar-refractivity contribution is 7.15. The van der Waals surface area contributed by atoms with Gasteiger partial charge < -0.3 is 9.80 Å². The second-order valence-corrected chi connectivity index (χ2v) is 7.76. The van der Waals surface area contributed by atoms with Gasteiger partial charge in [-0.25, -0.2) is 4.39 Å². The Labute approximate surface area is 161 Å². The molecule has 1 fully saturated rings. The van der Waals surface area contributed by atoms with Crippen LogP contribution < -0.4 is 9.80 Å². The van der Waals surface area contributed by atoms with E-state index in [1.54, 1.807) is 29.7 Å². The molecule has 0 spiro atoms. The van der Waals surface area contributed by atoms with Crippen molar-refractivity contribution in [2.45, 2.75) is 25.3 Å². The summed E-state index contributed by atoms with van der Waals surface area (Å²) in [6.07, 6.45) is 4.58. The van der Waals surface area contributed by atoms with E-state index in [0.29, 0.717) is 12.5 Å². The van der Waals surface area contributed by atoms with Crippen LogP contribution in [0.1, 0.15) is 23.4 Å². The molecule has 8 heteroatoms. The molecule has 6 nitrogen and oxygen atoms in total. The van der Waals surface area contributed by atoms with E-state index in [4.69, 9.17) is 0 Å². The summed E-state index contributed by atoms with van der Waals surface area (Å²) in [4.78, 5) is 4.49. The van der Waals surface area contributed by atoms with Crippen LogP contribution in [0.25, 0.3) is 0 Å². The van der Waals surface area contributed by atoms with Crippen molar-refractivity contribution in [1.82, 2.24) is 20.4 Å². The summed E-state index contributed by atoms with van der Waals surface area (Å²) in [6, 6.07) is 10.8. The van der Waals surface area contributed by atoms with Gasteiger partial charge >= 0.3 is 0 Å². The minimum atomic E-state index is -0.221. The molecule has 1 saturated heterocycles. The number of halogens is 1. The lowest BCUT2D eigenvalue weighted by atomic mass is 10.0. The van der Waals surface area contributed by atoms with Crippen molar-refractivity contribution in [1.29, 1.82) is 0 Å². The second-order valence-electron chi connectivity index (χ2n) is 6.72. The third-order valence-electron chi connectivity index (χ3n) is 4.85. The topological polar surface area (TPSA) is 58.0 Å². The predicted octanol–water partition coefficient (Wildman–Crippen LogP) is 3.16.